The minimum Gasteiger partial charge on any atom is -0.275 e. The summed E-state index contributed by atoms with van der Waals surface area (Å²) in [5.41, 5.74) is 3.04. The molecule has 0 aliphatic rings. The highest BCUT2D eigenvalue weighted by molar-refractivity contribution is 5.87. The molecule has 0 radical (unpaired) electrons. The van der Waals surface area contributed by atoms with Gasteiger partial charge in [0.15, 0.2) is 5.65 Å². The number of halogens is 3. The Labute approximate surface area is 165 Å². The maximum atomic E-state index is 14.1. The second kappa shape index (κ2) is 7.02. The highest BCUT2D eigenvalue weighted by atomic mass is 19.3. The first-order valence-corrected chi connectivity index (χ1v) is 9.24. The predicted octanol–water partition coefficient (Wildman–Crippen LogP) is 5.33. The van der Waals surface area contributed by atoms with Crippen LogP contribution in [0.5, 0.6) is 0 Å². The highest BCUT2D eigenvalue weighted by Gasteiger charge is 2.25. The molecule has 150 valence electrons. The number of nitrogens with zero attached hydrogens (tertiary/aromatic N) is 5. The average molecular weight is 399 g/mol. The van der Waals surface area contributed by atoms with Crippen molar-refractivity contribution in [3.8, 4) is 16.9 Å². The van der Waals surface area contributed by atoms with Crippen LogP contribution in [0.1, 0.15) is 43.1 Å². The van der Waals surface area contributed by atoms with E-state index in [0.29, 0.717) is 39.4 Å². The summed E-state index contributed by atoms with van der Waals surface area (Å²) in [6.07, 6.45) is -0.944. The van der Waals surface area contributed by atoms with Crippen molar-refractivity contribution in [1.29, 1.82) is 0 Å². The lowest BCUT2D eigenvalue weighted by molar-refractivity contribution is 0.153. The summed E-state index contributed by atoms with van der Waals surface area (Å²) >= 11 is 0. The fraction of sp³-hybridized carbons (Fsp3) is 0.286. The van der Waals surface area contributed by atoms with Crippen LogP contribution in [0.2, 0.25) is 0 Å². The van der Waals surface area contributed by atoms with Crippen LogP contribution in [0.25, 0.3) is 28.0 Å². The number of aromatic nitrogens is 5. The predicted molar refractivity (Wildman–Crippen MR) is 105 cm³/mol. The summed E-state index contributed by atoms with van der Waals surface area (Å²) in [4.78, 5) is 4.68. The largest absolute Gasteiger partial charge is 0.275 e. The molecule has 0 aliphatic carbocycles. The number of benzene rings is 1. The molecule has 0 bridgehead atoms. The molecule has 0 N–H and O–H groups in total. The Morgan fingerprint density at radius 3 is 2.28 bits per heavy atom. The van der Waals surface area contributed by atoms with Gasteiger partial charge in [-0.05, 0) is 43.2 Å². The van der Waals surface area contributed by atoms with Crippen LogP contribution >= 0.6 is 0 Å². The Balaban J connectivity index is 2.08. The maximum absolute atomic E-state index is 14.1. The molecule has 4 rings (SSSR count). The van der Waals surface area contributed by atoms with Gasteiger partial charge in [-0.3, -0.25) is 4.68 Å². The van der Waals surface area contributed by atoms with E-state index in [1.54, 1.807) is 37.0 Å². The molecular formula is C21H20F3N5. The number of hydrogen-bond donors (Lipinski definition) is 0. The van der Waals surface area contributed by atoms with Crippen molar-refractivity contribution in [2.45, 2.75) is 33.1 Å². The van der Waals surface area contributed by atoms with E-state index in [0.717, 1.165) is 0 Å². The molecular weight excluding hydrogens is 379 g/mol. The topological polar surface area (TPSA) is 48.5 Å². The lowest BCUT2D eigenvalue weighted by Crippen LogP contribution is -2.00. The van der Waals surface area contributed by atoms with Crippen LogP contribution in [-0.2, 0) is 7.05 Å². The molecule has 0 spiro atoms. The third-order valence-electron chi connectivity index (χ3n) is 4.84. The van der Waals surface area contributed by atoms with E-state index in [2.05, 4.69) is 15.2 Å². The van der Waals surface area contributed by atoms with Crippen LogP contribution in [0.15, 0.2) is 36.5 Å². The molecule has 0 aliphatic heterocycles. The Morgan fingerprint density at radius 1 is 1.03 bits per heavy atom. The number of fused-ring (bicyclic) bond motifs is 1. The van der Waals surface area contributed by atoms with Gasteiger partial charge >= 0.3 is 0 Å². The smallest absolute Gasteiger partial charge is 0.264 e. The van der Waals surface area contributed by atoms with E-state index in [-0.39, 0.29) is 17.3 Å². The van der Waals surface area contributed by atoms with E-state index in [1.807, 2.05) is 13.8 Å². The summed E-state index contributed by atoms with van der Waals surface area (Å²) in [7, 11) is 1.77. The van der Waals surface area contributed by atoms with Crippen LogP contribution < -0.4 is 0 Å². The first-order chi connectivity index (χ1) is 13.8. The second-order valence-corrected chi connectivity index (χ2v) is 7.33. The molecule has 0 saturated carbocycles. The molecule has 0 unspecified atom stereocenters. The second-order valence-electron chi connectivity index (χ2n) is 7.33. The minimum atomic E-state index is -2.69. The summed E-state index contributed by atoms with van der Waals surface area (Å²) in [5, 5.41) is 9.20. The molecule has 3 heterocycles. The van der Waals surface area contributed by atoms with Crippen molar-refractivity contribution >= 4 is 11.0 Å². The fourth-order valence-corrected chi connectivity index (χ4v) is 3.50. The zero-order chi connectivity index (χ0) is 20.9. The normalized spacial score (nSPS) is 11.9. The fourth-order valence-electron chi connectivity index (χ4n) is 3.50. The molecule has 3 aromatic heterocycles. The maximum Gasteiger partial charge on any atom is 0.264 e. The van der Waals surface area contributed by atoms with Gasteiger partial charge in [-0.2, -0.15) is 10.2 Å². The summed E-state index contributed by atoms with van der Waals surface area (Å²) in [6, 6.07) is 7.14. The SMILES string of the molecule is Cc1nn(C)cc1-c1cc(C(F)F)c2c(C(C)C)nn(-c3ccc(F)cc3)c2n1. The van der Waals surface area contributed by atoms with Crippen LogP contribution in [0.4, 0.5) is 13.2 Å². The van der Waals surface area contributed by atoms with Gasteiger partial charge < -0.3 is 0 Å². The third kappa shape index (κ3) is 3.28. The molecule has 0 fully saturated rings. The monoisotopic (exact) mass is 399 g/mol. The van der Waals surface area contributed by atoms with E-state index in [9.17, 15) is 13.2 Å². The lowest BCUT2D eigenvalue weighted by Gasteiger charge is -2.09. The Morgan fingerprint density at radius 2 is 1.72 bits per heavy atom. The Hall–Kier alpha value is -3.16. The standard InChI is InChI=1S/C21H20F3N5/c1-11(2)19-18-15(20(23)24)9-17(16-10-28(4)26-12(16)3)25-21(18)29(27-19)14-7-5-13(22)6-8-14/h5-11,20H,1-4H3. The molecule has 5 nitrogen and oxygen atoms in total. The quantitative estimate of drug-likeness (QED) is 0.466. The minimum absolute atomic E-state index is 0.0931. The third-order valence-corrected chi connectivity index (χ3v) is 4.84. The van der Waals surface area contributed by atoms with Crippen molar-refractivity contribution < 1.29 is 13.2 Å². The van der Waals surface area contributed by atoms with E-state index >= 15 is 0 Å². The van der Waals surface area contributed by atoms with Gasteiger partial charge in [-0.25, -0.2) is 22.8 Å². The molecule has 29 heavy (non-hydrogen) atoms. The van der Waals surface area contributed by atoms with Gasteiger partial charge in [0, 0.05) is 24.4 Å². The summed E-state index contributed by atoms with van der Waals surface area (Å²) in [6.45, 7) is 5.59. The van der Waals surface area contributed by atoms with Crippen molar-refractivity contribution in [3.05, 3.63) is 59.3 Å². The van der Waals surface area contributed by atoms with E-state index < -0.39 is 6.43 Å². The first kappa shape index (κ1) is 19.2. The average Bonchev–Trinajstić information content (AvgIpc) is 3.21. The van der Waals surface area contributed by atoms with Gasteiger partial charge in [0.1, 0.15) is 5.82 Å². The zero-order valence-electron chi connectivity index (χ0n) is 16.5. The van der Waals surface area contributed by atoms with Crippen LogP contribution in [0, 0.1) is 12.7 Å². The number of alkyl halides is 2. The van der Waals surface area contributed by atoms with Gasteiger partial charge in [-0.15, -0.1) is 0 Å². The molecule has 0 amide bonds. The van der Waals surface area contributed by atoms with Crippen LogP contribution in [-0.4, -0.2) is 24.5 Å². The van der Waals surface area contributed by atoms with Gasteiger partial charge in [0.25, 0.3) is 6.43 Å². The Kier molecular flexibility index (Phi) is 4.64. The molecule has 1 aromatic carbocycles. The Bertz CT molecular complexity index is 1190. The lowest BCUT2D eigenvalue weighted by atomic mass is 10.0. The number of pyridine rings is 1. The summed E-state index contributed by atoms with van der Waals surface area (Å²) < 4.78 is 44.7. The van der Waals surface area contributed by atoms with Crippen molar-refractivity contribution in [2.75, 3.05) is 0 Å². The number of hydrogen-bond acceptors (Lipinski definition) is 3. The number of rotatable bonds is 4. The van der Waals surface area contributed by atoms with Crippen molar-refractivity contribution in [2.24, 2.45) is 7.05 Å². The van der Waals surface area contributed by atoms with Gasteiger partial charge in [-0.1, -0.05) is 13.8 Å². The van der Waals surface area contributed by atoms with Gasteiger partial charge in [0.05, 0.1) is 28.2 Å². The molecule has 0 saturated heterocycles. The molecule has 0 atom stereocenters. The van der Waals surface area contributed by atoms with Crippen molar-refractivity contribution in [3.63, 3.8) is 0 Å². The van der Waals surface area contributed by atoms with Crippen LogP contribution in [0.3, 0.4) is 0 Å². The first-order valence-electron chi connectivity index (χ1n) is 9.24. The van der Waals surface area contributed by atoms with Crippen molar-refractivity contribution in [1.82, 2.24) is 24.5 Å². The molecule has 4 aromatic rings. The number of aryl methyl sites for hydroxylation is 2. The van der Waals surface area contributed by atoms with E-state index in [4.69, 9.17) is 0 Å². The van der Waals surface area contributed by atoms with E-state index in [1.165, 1.54) is 22.9 Å². The molecule has 8 heteroatoms. The zero-order valence-corrected chi connectivity index (χ0v) is 16.5. The highest BCUT2D eigenvalue weighted by Crippen LogP contribution is 2.36. The van der Waals surface area contributed by atoms with Gasteiger partial charge in [0.2, 0.25) is 0 Å². The summed E-state index contributed by atoms with van der Waals surface area (Å²) in [5.74, 6) is -0.480.